The van der Waals surface area contributed by atoms with Gasteiger partial charge in [-0.3, -0.25) is 0 Å². The minimum Gasteiger partial charge on any atom is -0.497 e. The summed E-state index contributed by atoms with van der Waals surface area (Å²) in [6, 6.07) is 11.2. The highest BCUT2D eigenvalue weighted by atomic mass is 16.5. The molecule has 4 rings (SSSR count). The zero-order chi connectivity index (χ0) is 15.6. The maximum atomic E-state index is 5.29. The maximum absolute atomic E-state index is 5.29. The highest BCUT2D eigenvalue weighted by Crippen LogP contribution is 2.26. The molecule has 4 nitrogen and oxygen atoms in total. The van der Waals surface area contributed by atoms with Crippen molar-refractivity contribution in [3.8, 4) is 5.75 Å². The number of rotatable bonds is 3. The van der Waals surface area contributed by atoms with Crippen LogP contribution in [0, 0.1) is 0 Å². The summed E-state index contributed by atoms with van der Waals surface area (Å²) in [5, 5.41) is 1.14. The van der Waals surface area contributed by atoms with Gasteiger partial charge in [-0.25, -0.2) is 4.98 Å². The molecule has 2 aliphatic heterocycles. The van der Waals surface area contributed by atoms with E-state index in [0.29, 0.717) is 0 Å². The third kappa shape index (κ3) is 3.00. The van der Waals surface area contributed by atoms with Crippen molar-refractivity contribution in [3.63, 3.8) is 0 Å². The molecule has 2 fully saturated rings. The molecule has 1 aromatic carbocycles. The van der Waals surface area contributed by atoms with E-state index in [2.05, 4.69) is 28.0 Å². The second-order valence-corrected chi connectivity index (χ2v) is 6.69. The fraction of sp³-hybridized carbons (Fsp3) is 0.526. The third-order valence-corrected chi connectivity index (χ3v) is 5.33. The van der Waals surface area contributed by atoms with Crippen molar-refractivity contribution in [2.75, 3.05) is 38.2 Å². The highest BCUT2D eigenvalue weighted by molar-refractivity contribution is 5.81. The molecule has 0 aliphatic carbocycles. The van der Waals surface area contributed by atoms with Crippen molar-refractivity contribution < 1.29 is 4.74 Å². The molecule has 2 aliphatic rings. The minimum absolute atomic E-state index is 0.790. The Hall–Kier alpha value is -1.81. The van der Waals surface area contributed by atoms with Crippen LogP contribution in [0.4, 0.5) is 5.82 Å². The van der Waals surface area contributed by atoms with E-state index in [1.54, 1.807) is 7.11 Å². The quantitative estimate of drug-likeness (QED) is 0.869. The fourth-order valence-corrected chi connectivity index (χ4v) is 3.96. The van der Waals surface area contributed by atoms with Gasteiger partial charge in [0, 0.05) is 24.5 Å². The molecule has 1 aromatic heterocycles. The van der Waals surface area contributed by atoms with E-state index in [4.69, 9.17) is 9.72 Å². The molecular formula is C19H25N3O. The summed E-state index contributed by atoms with van der Waals surface area (Å²) in [6.45, 7) is 4.85. The summed E-state index contributed by atoms with van der Waals surface area (Å²) in [5.74, 6) is 2.00. The number of likely N-dealkylation sites (tertiary alicyclic amines) is 1. The molecule has 0 N–H and O–H groups in total. The lowest BCUT2D eigenvalue weighted by Gasteiger charge is -2.37. The smallest absolute Gasteiger partial charge is 0.129 e. The first kappa shape index (κ1) is 14.8. The Labute approximate surface area is 138 Å². The lowest BCUT2D eigenvalue weighted by atomic mass is 10.0. The van der Waals surface area contributed by atoms with Crippen LogP contribution in [0.15, 0.2) is 30.3 Å². The minimum atomic E-state index is 0.790. The van der Waals surface area contributed by atoms with Gasteiger partial charge in [0.15, 0.2) is 0 Å². The zero-order valence-electron chi connectivity index (χ0n) is 13.9. The Morgan fingerprint density at radius 3 is 2.52 bits per heavy atom. The van der Waals surface area contributed by atoms with E-state index < -0.39 is 0 Å². The van der Waals surface area contributed by atoms with Gasteiger partial charge in [0.05, 0.1) is 12.6 Å². The van der Waals surface area contributed by atoms with Gasteiger partial charge in [-0.1, -0.05) is 0 Å². The SMILES string of the molecule is COc1ccc2nc(N3CCC(N4CCCC4)CC3)ccc2c1. The van der Waals surface area contributed by atoms with Crippen LogP contribution in [-0.2, 0) is 0 Å². The van der Waals surface area contributed by atoms with Crippen LogP contribution < -0.4 is 9.64 Å². The first-order valence-electron chi connectivity index (χ1n) is 8.77. The average Bonchev–Trinajstić information content (AvgIpc) is 3.15. The molecule has 0 amide bonds. The number of hydrogen-bond acceptors (Lipinski definition) is 4. The van der Waals surface area contributed by atoms with Gasteiger partial charge in [0.25, 0.3) is 0 Å². The number of hydrogen-bond donors (Lipinski definition) is 0. The Kier molecular flexibility index (Phi) is 4.08. The molecular weight excluding hydrogens is 286 g/mol. The third-order valence-electron chi connectivity index (χ3n) is 5.33. The van der Waals surface area contributed by atoms with Crippen molar-refractivity contribution in [3.05, 3.63) is 30.3 Å². The van der Waals surface area contributed by atoms with Crippen LogP contribution in [0.3, 0.4) is 0 Å². The van der Waals surface area contributed by atoms with Gasteiger partial charge in [0.2, 0.25) is 0 Å². The van der Waals surface area contributed by atoms with E-state index in [1.165, 1.54) is 38.8 Å². The summed E-state index contributed by atoms with van der Waals surface area (Å²) >= 11 is 0. The van der Waals surface area contributed by atoms with Crippen molar-refractivity contribution in [2.24, 2.45) is 0 Å². The molecule has 0 spiro atoms. The number of benzene rings is 1. The number of anilines is 1. The lowest BCUT2D eigenvalue weighted by molar-refractivity contribution is 0.207. The Morgan fingerprint density at radius 1 is 1.00 bits per heavy atom. The van der Waals surface area contributed by atoms with Gasteiger partial charge in [-0.15, -0.1) is 0 Å². The Bertz CT molecular complexity index is 673. The van der Waals surface area contributed by atoms with Crippen LogP contribution in [0.5, 0.6) is 5.75 Å². The molecule has 0 bridgehead atoms. The van der Waals surface area contributed by atoms with Gasteiger partial charge >= 0.3 is 0 Å². The van der Waals surface area contributed by atoms with Crippen LogP contribution in [0.25, 0.3) is 10.9 Å². The second kappa shape index (κ2) is 6.36. The van der Waals surface area contributed by atoms with Crippen molar-refractivity contribution >= 4 is 16.7 Å². The van der Waals surface area contributed by atoms with E-state index in [0.717, 1.165) is 41.6 Å². The molecule has 0 saturated carbocycles. The second-order valence-electron chi connectivity index (χ2n) is 6.69. The Balaban J connectivity index is 1.47. The van der Waals surface area contributed by atoms with Gasteiger partial charge in [-0.05, 0) is 69.1 Å². The topological polar surface area (TPSA) is 28.6 Å². The molecule has 2 saturated heterocycles. The predicted octanol–water partition coefficient (Wildman–Crippen LogP) is 3.31. The first-order chi connectivity index (χ1) is 11.3. The summed E-state index contributed by atoms with van der Waals surface area (Å²) in [7, 11) is 1.70. The van der Waals surface area contributed by atoms with Crippen molar-refractivity contribution in [1.82, 2.24) is 9.88 Å². The van der Waals surface area contributed by atoms with E-state index >= 15 is 0 Å². The summed E-state index contributed by atoms with van der Waals surface area (Å²) < 4.78 is 5.29. The van der Waals surface area contributed by atoms with E-state index in [1.807, 2.05) is 12.1 Å². The Morgan fingerprint density at radius 2 is 1.78 bits per heavy atom. The molecule has 23 heavy (non-hydrogen) atoms. The number of nitrogens with zero attached hydrogens (tertiary/aromatic N) is 3. The van der Waals surface area contributed by atoms with Gasteiger partial charge < -0.3 is 14.5 Å². The lowest BCUT2D eigenvalue weighted by Crippen LogP contribution is -2.44. The van der Waals surface area contributed by atoms with Crippen LogP contribution in [0.2, 0.25) is 0 Å². The monoisotopic (exact) mass is 311 g/mol. The maximum Gasteiger partial charge on any atom is 0.129 e. The molecule has 122 valence electrons. The normalized spacial score (nSPS) is 20.3. The standard InChI is InChI=1S/C19H25N3O/c1-23-17-5-6-18-15(14-17)4-7-19(20-18)22-12-8-16(9-13-22)21-10-2-3-11-21/h4-7,14,16H,2-3,8-13H2,1H3. The van der Waals surface area contributed by atoms with Gasteiger partial charge in [-0.2, -0.15) is 0 Å². The first-order valence-corrected chi connectivity index (χ1v) is 8.77. The molecule has 0 unspecified atom stereocenters. The number of pyridine rings is 1. The summed E-state index contributed by atoms with van der Waals surface area (Å²) in [6.07, 6.45) is 5.30. The zero-order valence-corrected chi connectivity index (χ0v) is 13.9. The van der Waals surface area contributed by atoms with Crippen molar-refractivity contribution in [1.29, 1.82) is 0 Å². The molecule has 3 heterocycles. The highest BCUT2D eigenvalue weighted by Gasteiger charge is 2.26. The number of piperidine rings is 1. The average molecular weight is 311 g/mol. The molecule has 0 radical (unpaired) electrons. The predicted molar refractivity (Wildman–Crippen MR) is 94.3 cm³/mol. The van der Waals surface area contributed by atoms with Crippen LogP contribution in [-0.4, -0.2) is 49.2 Å². The summed E-state index contributed by atoms with van der Waals surface area (Å²) in [4.78, 5) is 9.99. The summed E-state index contributed by atoms with van der Waals surface area (Å²) in [5.41, 5.74) is 1.05. The molecule has 4 heteroatoms. The van der Waals surface area contributed by atoms with E-state index in [-0.39, 0.29) is 0 Å². The molecule has 2 aromatic rings. The van der Waals surface area contributed by atoms with Crippen molar-refractivity contribution in [2.45, 2.75) is 31.7 Å². The number of aromatic nitrogens is 1. The number of methoxy groups -OCH3 is 1. The fourth-order valence-electron chi connectivity index (χ4n) is 3.96. The number of ether oxygens (including phenoxy) is 1. The number of fused-ring (bicyclic) bond motifs is 1. The van der Waals surface area contributed by atoms with Crippen LogP contribution in [0.1, 0.15) is 25.7 Å². The molecule has 0 atom stereocenters. The van der Waals surface area contributed by atoms with E-state index in [9.17, 15) is 0 Å². The largest absolute Gasteiger partial charge is 0.497 e. The van der Waals surface area contributed by atoms with Gasteiger partial charge in [0.1, 0.15) is 11.6 Å². The van der Waals surface area contributed by atoms with Crippen LogP contribution >= 0.6 is 0 Å².